The monoisotopic (exact) mass is 297 g/mol. The molecule has 0 radical (unpaired) electrons. The van der Waals surface area contributed by atoms with E-state index in [1.165, 1.54) is 5.56 Å². The summed E-state index contributed by atoms with van der Waals surface area (Å²) in [7, 11) is 0. The van der Waals surface area contributed by atoms with Gasteiger partial charge < -0.3 is 4.74 Å². The van der Waals surface area contributed by atoms with Crippen LogP contribution in [0, 0.1) is 0 Å². The average Bonchev–Trinajstić information content (AvgIpc) is 2.70. The molecule has 1 aromatic carbocycles. The highest BCUT2D eigenvalue weighted by Crippen LogP contribution is 2.28. The first kappa shape index (κ1) is 12.9. The maximum atomic E-state index is 5.98. The van der Waals surface area contributed by atoms with Gasteiger partial charge in [0.2, 0.25) is 0 Å². The van der Waals surface area contributed by atoms with Crippen molar-refractivity contribution in [1.29, 1.82) is 0 Å². The normalized spacial score (nSPS) is 18.5. The first-order valence-electron chi connectivity index (χ1n) is 6.25. The Morgan fingerprint density at radius 3 is 2.82 bits per heavy atom. The van der Waals surface area contributed by atoms with Crippen molar-refractivity contribution in [2.24, 2.45) is 0 Å². The van der Waals surface area contributed by atoms with Crippen molar-refractivity contribution in [3.63, 3.8) is 0 Å². The third-order valence-corrected chi connectivity index (χ3v) is 3.61. The molecule has 94 valence electrons. The molecule has 17 heavy (non-hydrogen) atoms. The number of hydrogen-bond donors (Lipinski definition) is 0. The molecule has 2 rings (SSSR count). The van der Waals surface area contributed by atoms with Crippen molar-refractivity contribution in [3.8, 4) is 5.75 Å². The van der Waals surface area contributed by atoms with E-state index in [0.29, 0.717) is 12.1 Å². The minimum atomic E-state index is 0.314. The smallest absolute Gasteiger partial charge is 0.123 e. The summed E-state index contributed by atoms with van der Waals surface area (Å²) in [6.07, 6.45) is 1.36. The zero-order valence-electron chi connectivity index (χ0n) is 10.5. The van der Waals surface area contributed by atoms with Gasteiger partial charge in [0.1, 0.15) is 11.9 Å². The minimum absolute atomic E-state index is 0.314. The fraction of sp³-hybridized carbons (Fsp3) is 0.571. The second-order valence-corrected chi connectivity index (χ2v) is 5.62. The Bertz CT molecular complexity index is 342. The fourth-order valence-corrected chi connectivity index (χ4v) is 2.74. The maximum absolute atomic E-state index is 5.98. The number of rotatable bonds is 5. The SMILES string of the molecule is CC(C)N(CCBr)CC1Cc2ccccc2O1. The molecule has 3 heteroatoms. The predicted octanol–water partition coefficient (Wildman–Crippen LogP) is 3.10. The second kappa shape index (κ2) is 5.87. The maximum Gasteiger partial charge on any atom is 0.123 e. The summed E-state index contributed by atoms with van der Waals surface area (Å²) < 4.78 is 5.98. The largest absolute Gasteiger partial charge is 0.488 e. The summed E-state index contributed by atoms with van der Waals surface area (Å²) in [5.74, 6) is 1.07. The van der Waals surface area contributed by atoms with Gasteiger partial charge in [0.15, 0.2) is 0 Å². The first-order valence-corrected chi connectivity index (χ1v) is 7.37. The van der Waals surface area contributed by atoms with Gasteiger partial charge in [0.05, 0.1) is 0 Å². The lowest BCUT2D eigenvalue weighted by atomic mass is 10.1. The number of ether oxygens (including phenoxy) is 1. The van der Waals surface area contributed by atoms with Gasteiger partial charge in [-0.1, -0.05) is 34.1 Å². The molecule has 0 fully saturated rings. The van der Waals surface area contributed by atoms with Gasteiger partial charge in [0, 0.05) is 30.9 Å². The first-order chi connectivity index (χ1) is 8.20. The molecule has 0 bridgehead atoms. The zero-order valence-corrected chi connectivity index (χ0v) is 12.1. The van der Waals surface area contributed by atoms with Crippen LogP contribution >= 0.6 is 15.9 Å². The summed E-state index contributed by atoms with van der Waals surface area (Å²) >= 11 is 3.51. The highest BCUT2D eigenvalue weighted by molar-refractivity contribution is 9.09. The predicted molar refractivity (Wildman–Crippen MR) is 75.1 cm³/mol. The lowest BCUT2D eigenvalue weighted by Gasteiger charge is -2.28. The summed E-state index contributed by atoms with van der Waals surface area (Å²) in [5, 5.41) is 1.02. The molecular formula is C14H20BrNO. The van der Waals surface area contributed by atoms with E-state index in [1.807, 2.05) is 6.07 Å². The van der Waals surface area contributed by atoms with Gasteiger partial charge in [-0.25, -0.2) is 0 Å². The van der Waals surface area contributed by atoms with Crippen LogP contribution in [-0.4, -0.2) is 35.5 Å². The molecule has 0 aliphatic carbocycles. The van der Waals surface area contributed by atoms with E-state index >= 15 is 0 Å². The van der Waals surface area contributed by atoms with E-state index in [1.54, 1.807) is 0 Å². The van der Waals surface area contributed by atoms with Crippen LogP contribution in [0.15, 0.2) is 24.3 Å². The number of hydrogen-bond acceptors (Lipinski definition) is 2. The molecule has 1 aliphatic heterocycles. The Hall–Kier alpha value is -0.540. The number of benzene rings is 1. The molecule has 1 aromatic rings. The minimum Gasteiger partial charge on any atom is -0.488 e. The zero-order chi connectivity index (χ0) is 12.3. The fourth-order valence-electron chi connectivity index (χ4n) is 2.29. The Balaban J connectivity index is 1.94. The molecule has 0 aromatic heterocycles. The molecule has 0 saturated heterocycles. The Morgan fingerprint density at radius 2 is 2.18 bits per heavy atom. The lowest BCUT2D eigenvalue weighted by molar-refractivity contribution is 0.133. The molecule has 1 aliphatic rings. The van der Waals surface area contributed by atoms with Crippen molar-refractivity contribution in [2.45, 2.75) is 32.4 Å². The van der Waals surface area contributed by atoms with Gasteiger partial charge in [-0.05, 0) is 25.5 Å². The van der Waals surface area contributed by atoms with E-state index in [0.717, 1.165) is 30.6 Å². The number of halogens is 1. The number of para-hydroxylation sites is 1. The van der Waals surface area contributed by atoms with Crippen molar-refractivity contribution >= 4 is 15.9 Å². The van der Waals surface area contributed by atoms with E-state index in [9.17, 15) is 0 Å². The van der Waals surface area contributed by atoms with Crippen molar-refractivity contribution in [3.05, 3.63) is 29.8 Å². The van der Waals surface area contributed by atoms with Gasteiger partial charge in [0.25, 0.3) is 0 Å². The van der Waals surface area contributed by atoms with E-state index in [2.05, 4.69) is 52.9 Å². The summed E-state index contributed by atoms with van der Waals surface area (Å²) in [4.78, 5) is 2.46. The summed E-state index contributed by atoms with van der Waals surface area (Å²) in [5.41, 5.74) is 1.35. The molecule has 0 amide bonds. The number of nitrogens with zero attached hydrogens (tertiary/aromatic N) is 1. The van der Waals surface area contributed by atoms with Crippen LogP contribution < -0.4 is 4.74 Å². The number of fused-ring (bicyclic) bond motifs is 1. The average molecular weight is 298 g/mol. The molecule has 1 heterocycles. The Kier molecular flexibility index (Phi) is 4.46. The quantitative estimate of drug-likeness (QED) is 0.775. The van der Waals surface area contributed by atoms with Crippen LogP contribution in [0.5, 0.6) is 5.75 Å². The number of alkyl halides is 1. The Labute approximate surface area is 112 Å². The van der Waals surface area contributed by atoms with Crippen LogP contribution in [0.3, 0.4) is 0 Å². The van der Waals surface area contributed by atoms with Gasteiger partial charge in [-0.3, -0.25) is 4.90 Å². The Morgan fingerprint density at radius 1 is 1.41 bits per heavy atom. The molecule has 1 unspecified atom stereocenters. The topological polar surface area (TPSA) is 12.5 Å². The van der Waals surface area contributed by atoms with Crippen molar-refractivity contribution in [1.82, 2.24) is 4.90 Å². The highest BCUT2D eigenvalue weighted by Gasteiger charge is 2.25. The van der Waals surface area contributed by atoms with Crippen LogP contribution in [0.4, 0.5) is 0 Å². The highest BCUT2D eigenvalue weighted by atomic mass is 79.9. The second-order valence-electron chi connectivity index (χ2n) is 4.83. The standard InChI is InChI=1S/C14H20BrNO/c1-11(2)16(8-7-15)10-13-9-12-5-3-4-6-14(12)17-13/h3-6,11,13H,7-10H2,1-2H3. The van der Waals surface area contributed by atoms with Crippen LogP contribution in [0.1, 0.15) is 19.4 Å². The molecular weight excluding hydrogens is 278 g/mol. The summed E-state index contributed by atoms with van der Waals surface area (Å²) in [6, 6.07) is 8.93. The molecule has 0 spiro atoms. The van der Waals surface area contributed by atoms with Crippen molar-refractivity contribution < 1.29 is 4.74 Å². The van der Waals surface area contributed by atoms with Crippen LogP contribution in [0.2, 0.25) is 0 Å². The lowest BCUT2D eigenvalue weighted by Crippen LogP contribution is -2.40. The van der Waals surface area contributed by atoms with Crippen molar-refractivity contribution in [2.75, 3.05) is 18.4 Å². The summed E-state index contributed by atoms with van der Waals surface area (Å²) in [6.45, 7) is 6.57. The van der Waals surface area contributed by atoms with Gasteiger partial charge in [-0.2, -0.15) is 0 Å². The van der Waals surface area contributed by atoms with E-state index < -0.39 is 0 Å². The third kappa shape index (κ3) is 3.23. The molecule has 0 saturated carbocycles. The van der Waals surface area contributed by atoms with Gasteiger partial charge >= 0.3 is 0 Å². The van der Waals surface area contributed by atoms with Crippen LogP contribution in [0.25, 0.3) is 0 Å². The van der Waals surface area contributed by atoms with E-state index in [-0.39, 0.29) is 0 Å². The van der Waals surface area contributed by atoms with Gasteiger partial charge in [-0.15, -0.1) is 0 Å². The molecule has 2 nitrogen and oxygen atoms in total. The van der Waals surface area contributed by atoms with Crippen LogP contribution in [-0.2, 0) is 6.42 Å². The van der Waals surface area contributed by atoms with E-state index in [4.69, 9.17) is 4.74 Å². The third-order valence-electron chi connectivity index (χ3n) is 3.25. The molecule has 1 atom stereocenters. The molecule has 0 N–H and O–H groups in total.